The van der Waals surface area contributed by atoms with E-state index in [-0.39, 0.29) is 18.0 Å². The van der Waals surface area contributed by atoms with Crippen LogP contribution < -0.4 is 10.4 Å². The number of halogens is 1. The number of imide groups is 1. The average molecular weight is 431 g/mol. The predicted molar refractivity (Wildman–Crippen MR) is 118 cm³/mol. The van der Waals surface area contributed by atoms with Gasteiger partial charge in [0.15, 0.2) is 0 Å². The summed E-state index contributed by atoms with van der Waals surface area (Å²) in [4.78, 5) is 27.1. The van der Waals surface area contributed by atoms with Crippen molar-refractivity contribution in [2.75, 3.05) is 13.1 Å². The van der Waals surface area contributed by atoms with Crippen LogP contribution in [0.1, 0.15) is 27.2 Å². The third kappa shape index (κ3) is 5.47. The molecule has 2 aromatic rings. The maximum absolute atomic E-state index is 12.8. The molecule has 1 aliphatic heterocycles. The lowest BCUT2D eigenvalue weighted by Gasteiger charge is -2.35. The minimum absolute atomic E-state index is 0.0599. The summed E-state index contributed by atoms with van der Waals surface area (Å²) in [6.45, 7) is 7.07. The van der Waals surface area contributed by atoms with E-state index in [9.17, 15) is 9.59 Å². The predicted octanol–water partition coefficient (Wildman–Crippen LogP) is 3.40. The van der Waals surface area contributed by atoms with Crippen molar-refractivity contribution in [3.05, 3.63) is 60.7 Å². The molecule has 0 aromatic heterocycles. The Morgan fingerprint density at radius 2 is 1.55 bits per heavy atom. The second-order valence-corrected chi connectivity index (χ2v) is 11.1. The lowest BCUT2D eigenvalue weighted by Crippen LogP contribution is -2.53. The van der Waals surface area contributed by atoms with E-state index in [0.717, 1.165) is 15.3 Å². The van der Waals surface area contributed by atoms with Crippen molar-refractivity contribution in [1.29, 1.82) is 0 Å². The Bertz CT molecular complexity index is 803. The maximum atomic E-state index is 12.8. The van der Waals surface area contributed by atoms with Crippen molar-refractivity contribution in [2.45, 2.75) is 33.4 Å². The Labute approximate surface area is 178 Å². The number of carbonyl (C=O) groups is 2. The normalized spacial score (nSPS) is 15.8. The molecule has 0 saturated carbocycles. The number of rotatable bonds is 6. The molecule has 1 heterocycles. The first-order valence-electron chi connectivity index (χ1n) is 9.79. The third-order valence-corrected chi connectivity index (χ3v) is 7.66. The van der Waals surface area contributed by atoms with Crippen molar-refractivity contribution in [1.82, 2.24) is 9.80 Å². The number of amides is 3. The fourth-order valence-corrected chi connectivity index (χ4v) is 6.06. The molecule has 0 spiro atoms. The van der Waals surface area contributed by atoms with Gasteiger partial charge in [-0.05, 0) is 33.8 Å². The van der Waals surface area contributed by atoms with Gasteiger partial charge in [-0.15, -0.1) is 0 Å². The van der Waals surface area contributed by atoms with Gasteiger partial charge in [-0.3, -0.25) is 9.69 Å². The van der Waals surface area contributed by atoms with Crippen molar-refractivity contribution >= 4 is 42.4 Å². The molecule has 5 nitrogen and oxygen atoms in total. The molecule has 3 rings (SSSR count). The van der Waals surface area contributed by atoms with Gasteiger partial charge in [0.25, 0.3) is 0 Å². The summed E-state index contributed by atoms with van der Waals surface area (Å²) in [6.07, 6.45) is 0.229. The molecule has 2 aromatic carbocycles. The zero-order valence-corrected chi connectivity index (χ0v) is 19.0. The second kappa shape index (κ2) is 9.11. The Morgan fingerprint density at radius 3 is 1.97 bits per heavy atom. The molecule has 7 heteroatoms. The van der Waals surface area contributed by atoms with E-state index in [1.807, 2.05) is 36.4 Å². The molecule has 1 atom stereocenters. The molecule has 1 aliphatic rings. The molecule has 0 bridgehead atoms. The molecule has 1 unspecified atom stereocenters. The highest BCUT2D eigenvalue weighted by atomic mass is 35.5. The van der Waals surface area contributed by atoms with Crippen LogP contribution in [0.2, 0.25) is 0 Å². The first-order valence-corrected chi connectivity index (χ1v) is 11.8. The van der Waals surface area contributed by atoms with Crippen LogP contribution in [0.5, 0.6) is 0 Å². The molecular formula is C22H27ClN2O3Si. The lowest BCUT2D eigenvalue weighted by atomic mass is 9.91. The highest BCUT2D eigenvalue weighted by molar-refractivity contribution is 6.80. The number of hydrogen-bond donors (Lipinski definition) is 0. The van der Waals surface area contributed by atoms with E-state index >= 15 is 0 Å². The van der Waals surface area contributed by atoms with Crippen LogP contribution in [0.15, 0.2) is 60.7 Å². The summed E-state index contributed by atoms with van der Waals surface area (Å²) < 4.78 is 6.74. The van der Waals surface area contributed by atoms with Gasteiger partial charge in [-0.1, -0.05) is 81.4 Å². The molecule has 29 heavy (non-hydrogen) atoms. The van der Waals surface area contributed by atoms with Crippen molar-refractivity contribution < 1.29 is 14.0 Å². The summed E-state index contributed by atoms with van der Waals surface area (Å²) in [5.41, 5.74) is -0.0599. The van der Waals surface area contributed by atoms with Crippen LogP contribution >= 0.6 is 11.6 Å². The Kier molecular flexibility index (Phi) is 6.77. The maximum Gasteiger partial charge on any atom is 0.329 e. The third-order valence-electron chi connectivity index (χ3n) is 4.89. The summed E-state index contributed by atoms with van der Waals surface area (Å²) in [7, 11) is -2.06. The molecule has 1 fully saturated rings. The first-order chi connectivity index (χ1) is 13.8. The molecule has 1 saturated heterocycles. The second-order valence-electron chi connectivity index (χ2n) is 8.44. The van der Waals surface area contributed by atoms with Gasteiger partial charge in [0.1, 0.15) is 6.23 Å². The number of carbonyl (C=O) groups excluding carboxylic acids is 2. The molecule has 0 radical (unpaired) electrons. The van der Waals surface area contributed by atoms with E-state index in [0.29, 0.717) is 13.0 Å². The Morgan fingerprint density at radius 1 is 1.03 bits per heavy atom. The van der Waals surface area contributed by atoms with Gasteiger partial charge in [-0.25, -0.2) is 9.69 Å². The zero-order valence-electron chi connectivity index (χ0n) is 17.0. The molecule has 0 N–H and O–H groups in total. The summed E-state index contributed by atoms with van der Waals surface area (Å²) in [5.74, 6) is 0. The van der Waals surface area contributed by atoms with Gasteiger partial charge in [-0.2, -0.15) is 0 Å². The summed E-state index contributed by atoms with van der Waals surface area (Å²) >= 11 is 5.59. The van der Waals surface area contributed by atoms with E-state index in [2.05, 4.69) is 45.0 Å². The fourth-order valence-electron chi connectivity index (χ4n) is 3.50. The minimum atomic E-state index is -2.06. The standard InChI is InChI=1S/C22H27ClN2O3Si/c1-22(2,3)16-19(24-14-15-25(20(23)26)21(24)27)28-29(17-10-6-4-7-11-17)18-12-8-5-9-13-18/h4-13,19,29H,14-16H2,1-3H3. The highest BCUT2D eigenvalue weighted by Crippen LogP contribution is 2.27. The Hall–Kier alpha value is -2.15. The molecule has 0 aliphatic carbocycles. The largest absolute Gasteiger partial charge is 0.391 e. The smallest absolute Gasteiger partial charge is 0.329 e. The van der Waals surface area contributed by atoms with E-state index < -0.39 is 20.6 Å². The van der Waals surface area contributed by atoms with Gasteiger partial charge in [0.2, 0.25) is 9.04 Å². The van der Waals surface area contributed by atoms with E-state index in [1.165, 1.54) is 0 Å². The van der Waals surface area contributed by atoms with Gasteiger partial charge in [0, 0.05) is 13.1 Å². The molecule has 3 amide bonds. The van der Waals surface area contributed by atoms with Crippen LogP contribution in [0.4, 0.5) is 9.59 Å². The SMILES string of the molecule is CC(C)(C)CC(O[SiH](c1ccccc1)c1ccccc1)N1CCN(C(=O)Cl)C1=O. The van der Waals surface area contributed by atoms with Crippen LogP contribution in [0, 0.1) is 5.41 Å². The number of nitrogens with zero attached hydrogens (tertiary/aromatic N) is 2. The number of hydrogen-bond acceptors (Lipinski definition) is 3. The van der Waals surface area contributed by atoms with Crippen molar-refractivity contribution in [3.63, 3.8) is 0 Å². The van der Waals surface area contributed by atoms with Crippen LogP contribution in [-0.4, -0.2) is 49.6 Å². The van der Waals surface area contributed by atoms with Crippen LogP contribution in [-0.2, 0) is 4.43 Å². The highest BCUT2D eigenvalue weighted by Gasteiger charge is 2.39. The quantitative estimate of drug-likeness (QED) is 0.401. The van der Waals surface area contributed by atoms with Crippen molar-refractivity contribution in [2.24, 2.45) is 5.41 Å². The minimum Gasteiger partial charge on any atom is -0.391 e. The topological polar surface area (TPSA) is 49.9 Å². The average Bonchev–Trinajstić information content (AvgIpc) is 3.07. The molecule has 154 valence electrons. The zero-order chi connectivity index (χ0) is 21.0. The van der Waals surface area contributed by atoms with E-state index in [4.69, 9.17) is 16.0 Å². The van der Waals surface area contributed by atoms with Crippen molar-refractivity contribution in [3.8, 4) is 0 Å². The number of benzene rings is 2. The van der Waals surface area contributed by atoms with Crippen LogP contribution in [0.25, 0.3) is 0 Å². The molecular weight excluding hydrogens is 404 g/mol. The van der Waals surface area contributed by atoms with Gasteiger partial charge >= 0.3 is 11.4 Å². The van der Waals surface area contributed by atoms with Gasteiger partial charge in [0.05, 0.1) is 0 Å². The van der Waals surface area contributed by atoms with E-state index in [1.54, 1.807) is 4.90 Å². The fraction of sp³-hybridized carbons (Fsp3) is 0.364. The van der Waals surface area contributed by atoms with Gasteiger partial charge < -0.3 is 4.43 Å². The lowest BCUT2D eigenvalue weighted by molar-refractivity contribution is 0.0333. The van der Waals surface area contributed by atoms with Crippen LogP contribution in [0.3, 0.4) is 0 Å². The summed E-state index contributed by atoms with van der Waals surface area (Å²) in [6, 6.07) is 20.0. The Balaban J connectivity index is 1.94. The summed E-state index contributed by atoms with van der Waals surface area (Å²) in [5, 5.41) is 1.55. The monoisotopic (exact) mass is 430 g/mol. The first kappa shape index (κ1) is 21.6. The number of urea groups is 1.